The van der Waals surface area contributed by atoms with Crippen LogP contribution in [0.2, 0.25) is 0 Å². The molecule has 1 heterocycles. The maximum atomic E-state index is 12.6. The summed E-state index contributed by atoms with van der Waals surface area (Å²) in [4.78, 5) is 14.7. The van der Waals surface area contributed by atoms with Crippen molar-refractivity contribution >= 4 is 5.91 Å². The fourth-order valence-corrected chi connectivity index (χ4v) is 3.42. The minimum Gasteiger partial charge on any atom is -0.325 e. The van der Waals surface area contributed by atoms with Gasteiger partial charge in [-0.3, -0.25) is 10.1 Å². The molecule has 1 saturated heterocycles. The fourth-order valence-electron chi connectivity index (χ4n) is 3.42. The number of rotatable bonds is 6. The van der Waals surface area contributed by atoms with Gasteiger partial charge in [0.2, 0.25) is 5.91 Å². The van der Waals surface area contributed by atoms with Gasteiger partial charge in [-0.25, -0.2) is 0 Å². The van der Waals surface area contributed by atoms with Crippen LogP contribution in [0.5, 0.6) is 0 Å². The summed E-state index contributed by atoms with van der Waals surface area (Å²) < 4.78 is 0. The van der Waals surface area contributed by atoms with Gasteiger partial charge in [-0.15, -0.1) is 0 Å². The van der Waals surface area contributed by atoms with Gasteiger partial charge in [0, 0.05) is 6.54 Å². The van der Waals surface area contributed by atoms with E-state index in [1.54, 1.807) is 0 Å². The number of amides is 1. The molecular formula is C16H30N2O. The van der Waals surface area contributed by atoms with Crippen LogP contribution in [-0.2, 0) is 4.79 Å². The second-order valence-electron chi connectivity index (χ2n) is 7.28. The molecule has 0 spiro atoms. The van der Waals surface area contributed by atoms with Crippen LogP contribution in [0.1, 0.15) is 66.2 Å². The average molecular weight is 266 g/mol. The van der Waals surface area contributed by atoms with Gasteiger partial charge >= 0.3 is 0 Å². The first-order valence-corrected chi connectivity index (χ1v) is 8.02. The second kappa shape index (κ2) is 5.82. The molecule has 0 aromatic carbocycles. The minimum atomic E-state index is 0.0671. The summed E-state index contributed by atoms with van der Waals surface area (Å²) in [6.07, 6.45) is 7.28. The molecule has 1 aliphatic heterocycles. The lowest BCUT2D eigenvalue weighted by Gasteiger charge is -2.42. The number of nitrogens with one attached hydrogen (secondary N) is 1. The lowest BCUT2D eigenvalue weighted by atomic mass is 9.70. The molecule has 1 saturated carbocycles. The summed E-state index contributed by atoms with van der Waals surface area (Å²) in [5.41, 5.74) is 0.383. The third-order valence-electron chi connectivity index (χ3n) is 4.74. The van der Waals surface area contributed by atoms with Crippen LogP contribution in [0, 0.1) is 11.3 Å². The number of carbonyl (C=O) groups is 1. The first-order chi connectivity index (χ1) is 8.95. The molecule has 1 aliphatic carbocycles. The number of nitrogens with zero attached hydrogens (tertiary/aromatic N) is 1. The molecule has 3 nitrogen and oxygen atoms in total. The number of carbonyl (C=O) groups excluding carboxylic acids is 1. The summed E-state index contributed by atoms with van der Waals surface area (Å²) >= 11 is 0. The summed E-state index contributed by atoms with van der Waals surface area (Å²) in [6.45, 7) is 9.92. The molecule has 110 valence electrons. The van der Waals surface area contributed by atoms with Crippen LogP contribution in [0.25, 0.3) is 0 Å². The summed E-state index contributed by atoms with van der Waals surface area (Å²) in [6, 6.07) is 0.0671. The second-order valence-corrected chi connectivity index (χ2v) is 7.28. The zero-order chi connectivity index (χ0) is 14.0. The van der Waals surface area contributed by atoms with Gasteiger partial charge < -0.3 is 4.90 Å². The van der Waals surface area contributed by atoms with Gasteiger partial charge in [0.25, 0.3) is 0 Å². The largest absolute Gasteiger partial charge is 0.325 e. The van der Waals surface area contributed by atoms with E-state index in [0.29, 0.717) is 17.2 Å². The third kappa shape index (κ3) is 3.31. The van der Waals surface area contributed by atoms with Gasteiger partial charge in [-0.05, 0) is 37.0 Å². The summed E-state index contributed by atoms with van der Waals surface area (Å²) in [7, 11) is 0. The van der Waals surface area contributed by atoms with E-state index in [9.17, 15) is 4.79 Å². The predicted molar refractivity (Wildman–Crippen MR) is 78.7 cm³/mol. The Labute approximate surface area is 118 Å². The molecule has 0 bridgehead atoms. The molecule has 1 N–H and O–H groups in total. The minimum absolute atomic E-state index is 0.0671. The van der Waals surface area contributed by atoms with Crippen molar-refractivity contribution in [1.29, 1.82) is 0 Å². The smallest absolute Gasteiger partial charge is 0.241 e. The SMILES string of the molecule is CCCC1NC(CC(C)C)N(CC2(C)CCC2)C1=O. The quantitative estimate of drug-likeness (QED) is 0.801. The van der Waals surface area contributed by atoms with E-state index in [-0.39, 0.29) is 12.2 Å². The Hall–Kier alpha value is -0.570. The lowest BCUT2D eigenvalue weighted by Crippen LogP contribution is -2.46. The molecule has 19 heavy (non-hydrogen) atoms. The first-order valence-electron chi connectivity index (χ1n) is 8.02. The molecule has 0 aromatic heterocycles. The van der Waals surface area contributed by atoms with Crippen LogP contribution in [-0.4, -0.2) is 29.6 Å². The van der Waals surface area contributed by atoms with Crippen LogP contribution in [0.4, 0.5) is 0 Å². The molecule has 2 rings (SSSR count). The third-order valence-corrected chi connectivity index (χ3v) is 4.74. The van der Waals surface area contributed by atoms with Crippen molar-refractivity contribution in [3.63, 3.8) is 0 Å². The van der Waals surface area contributed by atoms with E-state index < -0.39 is 0 Å². The Morgan fingerprint density at radius 2 is 2.11 bits per heavy atom. The Morgan fingerprint density at radius 3 is 2.58 bits per heavy atom. The van der Waals surface area contributed by atoms with Crippen molar-refractivity contribution in [2.75, 3.05) is 6.54 Å². The molecular weight excluding hydrogens is 236 g/mol. The topological polar surface area (TPSA) is 32.3 Å². The van der Waals surface area contributed by atoms with Crippen LogP contribution in [0.15, 0.2) is 0 Å². The van der Waals surface area contributed by atoms with E-state index in [0.717, 1.165) is 25.8 Å². The Kier molecular flexibility index (Phi) is 4.54. The molecule has 0 radical (unpaired) electrons. The molecule has 1 amide bonds. The van der Waals surface area contributed by atoms with Crippen LogP contribution >= 0.6 is 0 Å². The molecule has 2 aliphatic rings. The predicted octanol–water partition coefficient (Wildman–Crippen LogP) is 3.15. The van der Waals surface area contributed by atoms with Crippen LogP contribution < -0.4 is 5.32 Å². The maximum absolute atomic E-state index is 12.6. The molecule has 2 unspecified atom stereocenters. The molecule has 2 atom stereocenters. The van der Waals surface area contributed by atoms with Gasteiger partial charge in [0.05, 0.1) is 12.2 Å². The van der Waals surface area contributed by atoms with E-state index in [1.807, 2.05) is 0 Å². The molecule has 2 fully saturated rings. The van der Waals surface area contributed by atoms with E-state index in [1.165, 1.54) is 19.3 Å². The normalized spacial score (nSPS) is 29.9. The zero-order valence-corrected chi connectivity index (χ0v) is 13.0. The van der Waals surface area contributed by atoms with Crippen molar-refractivity contribution < 1.29 is 4.79 Å². The first kappa shape index (κ1) is 14.8. The fraction of sp³-hybridized carbons (Fsp3) is 0.938. The zero-order valence-electron chi connectivity index (χ0n) is 13.0. The average Bonchev–Trinajstić information content (AvgIpc) is 2.55. The van der Waals surface area contributed by atoms with Crippen molar-refractivity contribution in [3.05, 3.63) is 0 Å². The van der Waals surface area contributed by atoms with Gasteiger partial charge in [0.1, 0.15) is 0 Å². The van der Waals surface area contributed by atoms with E-state index in [4.69, 9.17) is 0 Å². The van der Waals surface area contributed by atoms with Gasteiger partial charge in [-0.2, -0.15) is 0 Å². The van der Waals surface area contributed by atoms with E-state index >= 15 is 0 Å². The Balaban J connectivity index is 2.03. The maximum Gasteiger partial charge on any atom is 0.241 e. The highest BCUT2D eigenvalue weighted by molar-refractivity contribution is 5.84. The lowest BCUT2D eigenvalue weighted by molar-refractivity contribution is -0.132. The molecule has 3 heteroatoms. The van der Waals surface area contributed by atoms with Crippen molar-refractivity contribution in [2.45, 2.75) is 78.4 Å². The molecule has 0 aromatic rings. The van der Waals surface area contributed by atoms with Gasteiger partial charge in [-0.1, -0.05) is 40.5 Å². The standard InChI is InChI=1S/C16H30N2O/c1-5-7-13-15(19)18(11-16(4)8-6-9-16)14(17-13)10-12(2)3/h12-14,17H,5-11H2,1-4H3. The summed E-state index contributed by atoms with van der Waals surface area (Å²) in [5, 5.41) is 3.57. The highest BCUT2D eigenvalue weighted by Gasteiger charge is 2.43. The number of hydrogen-bond donors (Lipinski definition) is 1. The highest BCUT2D eigenvalue weighted by Crippen LogP contribution is 2.42. The Bertz CT molecular complexity index is 323. The van der Waals surface area contributed by atoms with Crippen molar-refractivity contribution in [1.82, 2.24) is 10.2 Å². The number of hydrogen-bond acceptors (Lipinski definition) is 2. The van der Waals surface area contributed by atoms with Crippen LogP contribution in [0.3, 0.4) is 0 Å². The monoisotopic (exact) mass is 266 g/mol. The Morgan fingerprint density at radius 1 is 1.42 bits per heavy atom. The van der Waals surface area contributed by atoms with Gasteiger partial charge in [0.15, 0.2) is 0 Å². The van der Waals surface area contributed by atoms with Crippen molar-refractivity contribution in [2.24, 2.45) is 11.3 Å². The highest BCUT2D eigenvalue weighted by atomic mass is 16.2. The van der Waals surface area contributed by atoms with Crippen molar-refractivity contribution in [3.8, 4) is 0 Å². The summed E-state index contributed by atoms with van der Waals surface area (Å²) in [5.74, 6) is 0.975. The van der Waals surface area contributed by atoms with E-state index in [2.05, 4.69) is 37.9 Å².